The average Bonchev–Trinajstić information content (AvgIpc) is 2.72. The Kier molecular flexibility index (Phi) is 2.44. The number of rotatable bonds is 2. The lowest BCUT2D eigenvalue weighted by atomic mass is 9.94. The number of nitrogens with two attached hydrogens (primary N) is 1. The summed E-state index contributed by atoms with van der Waals surface area (Å²) in [5.74, 6) is 1.92. The second kappa shape index (κ2) is 3.59. The SMILES string of the molecule is CCC1CCC(n2cnc(N)n2)C1C. The first-order chi connectivity index (χ1) is 6.72. The van der Waals surface area contributed by atoms with Gasteiger partial charge in [-0.3, -0.25) is 0 Å². The summed E-state index contributed by atoms with van der Waals surface area (Å²) in [5, 5.41) is 4.20. The van der Waals surface area contributed by atoms with Crippen molar-refractivity contribution in [2.24, 2.45) is 11.8 Å². The Labute approximate surface area is 84.5 Å². The van der Waals surface area contributed by atoms with Crippen molar-refractivity contribution in [1.82, 2.24) is 14.8 Å². The summed E-state index contributed by atoms with van der Waals surface area (Å²) in [6.07, 6.45) is 5.54. The highest BCUT2D eigenvalue weighted by Gasteiger charge is 2.33. The number of hydrogen-bond donors (Lipinski definition) is 1. The maximum Gasteiger partial charge on any atom is 0.239 e. The van der Waals surface area contributed by atoms with Gasteiger partial charge in [0.05, 0.1) is 6.04 Å². The predicted molar refractivity (Wildman–Crippen MR) is 55.7 cm³/mol. The van der Waals surface area contributed by atoms with Gasteiger partial charge in [0, 0.05) is 0 Å². The van der Waals surface area contributed by atoms with Gasteiger partial charge in [-0.05, 0) is 24.7 Å². The smallest absolute Gasteiger partial charge is 0.239 e. The molecule has 0 amide bonds. The molecule has 0 aliphatic heterocycles. The van der Waals surface area contributed by atoms with E-state index in [1.54, 1.807) is 6.33 Å². The number of aromatic nitrogens is 3. The monoisotopic (exact) mass is 194 g/mol. The molecule has 0 bridgehead atoms. The molecule has 1 aliphatic rings. The van der Waals surface area contributed by atoms with Crippen molar-refractivity contribution in [3.63, 3.8) is 0 Å². The van der Waals surface area contributed by atoms with E-state index in [-0.39, 0.29) is 0 Å². The van der Waals surface area contributed by atoms with Crippen LogP contribution < -0.4 is 5.73 Å². The van der Waals surface area contributed by atoms with Crippen molar-refractivity contribution in [3.8, 4) is 0 Å². The van der Waals surface area contributed by atoms with Crippen LogP contribution >= 0.6 is 0 Å². The molecule has 1 aliphatic carbocycles. The number of nitrogens with zero attached hydrogens (tertiary/aromatic N) is 3. The van der Waals surface area contributed by atoms with E-state index in [1.807, 2.05) is 4.68 Å². The topological polar surface area (TPSA) is 56.7 Å². The Hall–Kier alpha value is -1.06. The summed E-state index contributed by atoms with van der Waals surface area (Å²) < 4.78 is 1.94. The summed E-state index contributed by atoms with van der Waals surface area (Å²) >= 11 is 0. The van der Waals surface area contributed by atoms with Crippen LogP contribution in [0.2, 0.25) is 0 Å². The normalized spacial score (nSPS) is 32.3. The molecule has 78 valence electrons. The van der Waals surface area contributed by atoms with Gasteiger partial charge >= 0.3 is 0 Å². The highest BCUT2D eigenvalue weighted by Crippen LogP contribution is 2.41. The fraction of sp³-hybridized carbons (Fsp3) is 0.800. The fourth-order valence-corrected chi connectivity index (χ4v) is 2.62. The van der Waals surface area contributed by atoms with Gasteiger partial charge in [-0.1, -0.05) is 20.3 Å². The first-order valence-electron chi connectivity index (χ1n) is 5.39. The van der Waals surface area contributed by atoms with Crippen molar-refractivity contribution in [2.45, 2.75) is 39.2 Å². The van der Waals surface area contributed by atoms with Gasteiger partial charge in [0.2, 0.25) is 5.95 Å². The third-order valence-electron chi connectivity index (χ3n) is 3.57. The molecule has 2 rings (SSSR count). The van der Waals surface area contributed by atoms with Crippen LogP contribution in [0.5, 0.6) is 0 Å². The fourth-order valence-electron chi connectivity index (χ4n) is 2.62. The molecular formula is C10H18N4. The second-order valence-electron chi connectivity index (χ2n) is 4.25. The van der Waals surface area contributed by atoms with Crippen LogP contribution in [0.15, 0.2) is 6.33 Å². The molecule has 3 atom stereocenters. The van der Waals surface area contributed by atoms with E-state index in [9.17, 15) is 0 Å². The van der Waals surface area contributed by atoms with E-state index < -0.39 is 0 Å². The lowest BCUT2D eigenvalue weighted by molar-refractivity contribution is 0.312. The van der Waals surface area contributed by atoms with Gasteiger partial charge in [0.1, 0.15) is 6.33 Å². The molecule has 0 spiro atoms. The maximum atomic E-state index is 5.52. The predicted octanol–water partition coefficient (Wildman–Crippen LogP) is 1.86. The molecule has 1 saturated carbocycles. The largest absolute Gasteiger partial charge is 0.367 e. The summed E-state index contributed by atoms with van der Waals surface area (Å²) in [4.78, 5) is 3.98. The molecule has 0 radical (unpaired) electrons. The van der Waals surface area contributed by atoms with E-state index >= 15 is 0 Å². The van der Waals surface area contributed by atoms with E-state index in [0.717, 1.165) is 5.92 Å². The summed E-state index contributed by atoms with van der Waals surface area (Å²) in [7, 11) is 0. The maximum absolute atomic E-state index is 5.52. The van der Waals surface area contributed by atoms with E-state index in [0.29, 0.717) is 17.9 Å². The van der Waals surface area contributed by atoms with Gasteiger partial charge in [-0.15, -0.1) is 5.10 Å². The van der Waals surface area contributed by atoms with Gasteiger partial charge in [-0.2, -0.15) is 0 Å². The van der Waals surface area contributed by atoms with E-state index in [1.165, 1.54) is 19.3 Å². The second-order valence-corrected chi connectivity index (χ2v) is 4.25. The third kappa shape index (κ3) is 1.49. The molecule has 1 fully saturated rings. The van der Waals surface area contributed by atoms with Crippen molar-refractivity contribution in [1.29, 1.82) is 0 Å². The highest BCUT2D eigenvalue weighted by atomic mass is 15.4. The molecule has 0 saturated heterocycles. The van der Waals surface area contributed by atoms with Crippen molar-refractivity contribution in [3.05, 3.63) is 6.33 Å². The lowest BCUT2D eigenvalue weighted by Gasteiger charge is -2.19. The summed E-state index contributed by atoms with van der Waals surface area (Å²) in [6.45, 7) is 4.57. The van der Waals surface area contributed by atoms with Crippen molar-refractivity contribution < 1.29 is 0 Å². The molecule has 4 heteroatoms. The number of anilines is 1. The Morgan fingerprint density at radius 3 is 2.86 bits per heavy atom. The highest BCUT2D eigenvalue weighted by molar-refractivity contribution is 5.10. The minimum atomic E-state index is 0.386. The van der Waals surface area contributed by atoms with Crippen LogP contribution in [-0.4, -0.2) is 14.8 Å². The molecule has 1 aromatic heterocycles. The van der Waals surface area contributed by atoms with Crippen LogP contribution in [0.1, 0.15) is 39.2 Å². The Morgan fingerprint density at radius 2 is 2.36 bits per heavy atom. The first kappa shape index (κ1) is 9.49. The van der Waals surface area contributed by atoms with Crippen molar-refractivity contribution in [2.75, 3.05) is 5.73 Å². The average molecular weight is 194 g/mol. The number of hydrogen-bond acceptors (Lipinski definition) is 3. The van der Waals surface area contributed by atoms with Crippen molar-refractivity contribution >= 4 is 5.95 Å². The van der Waals surface area contributed by atoms with Crippen LogP contribution in [0.4, 0.5) is 5.95 Å². The zero-order valence-corrected chi connectivity index (χ0v) is 8.85. The zero-order valence-electron chi connectivity index (χ0n) is 8.85. The quantitative estimate of drug-likeness (QED) is 0.781. The Balaban J connectivity index is 2.13. The minimum absolute atomic E-state index is 0.386. The molecule has 1 heterocycles. The number of nitrogen functional groups attached to an aromatic ring is 1. The molecule has 0 aromatic carbocycles. The summed E-state index contributed by atoms with van der Waals surface area (Å²) in [5.41, 5.74) is 5.52. The first-order valence-corrected chi connectivity index (χ1v) is 5.39. The molecule has 3 unspecified atom stereocenters. The zero-order chi connectivity index (χ0) is 10.1. The van der Waals surface area contributed by atoms with Gasteiger partial charge in [-0.25, -0.2) is 9.67 Å². The van der Waals surface area contributed by atoms with Gasteiger partial charge in [0.25, 0.3) is 0 Å². The standard InChI is InChI=1S/C10H18N4/c1-3-8-4-5-9(7(8)2)14-6-12-10(11)13-14/h6-9H,3-5H2,1-2H3,(H2,11,13). The molecule has 2 N–H and O–H groups in total. The molecule has 1 aromatic rings. The Bertz CT molecular complexity index is 307. The van der Waals surface area contributed by atoms with Crippen LogP contribution in [0.3, 0.4) is 0 Å². The molecule has 14 heavy (non-hydrogen) atoms. The van der Waals surface area contributed by atoms with Crippen LogP contribution in [-0.2, 0) is 0 Å². The van der Waals surface area contributed by atoms with Crippen LogP contribution in [0, 0.1) is 11.8 Å². The Morgan fingerprint density at radius 1 is 1.57 bits per heavy atom. The lowest BCUT2D eigenvalue weighted by Crippen LogP contribution is -2.16. The van der Waals surface area contributed by atoms with Gasteiger partial charge < -0.3 is 5.73 Å². The molecular weight excluding hydrogens is 176 g/mol. The molecule has 4 nitrogen and oxygen atoms in total. The third-order valence-corrected chi connectivity index (χ3v) is 3.57. The van der Waals surface area contributed by atoms with E-state index in [4.69, 9.17) is 5.73 Å². The minimum Gasteiger partial charge on any atom is -0.367 e. The van der Waals surface area contributed by atoms with Gasteiger partial charge in [0.15, 0.2) is 0 Å². The van der Waals surface area contributed by atoms with Crippen LogP contribution in [0.25, 0.3) is 0 Å². The summed E-state index contributed by atoms with van der Waals surface area (Å²) in [6, 6.07) is 0.504. The van der Waals surface area contributed by atoms with E-state index in [2.05, 4.69) is 23.9 Å².